The molecule has 2 nitrogen and oxygen atoms in total. The summed E-state index contributed by atoms with van der Waals surface area (Å²) in [5, 5.41) is 4.77. The number of benzene rings is 1. The van der Waals surface area contributed by atoms with Crippen LogP contribution in [0, 0.1) is 5.82 Å². The van der Waals surface area contributed by atoms with Crippen molar-refractivity contribution < 1.29 is 9.18 Å². The molecule has 2 aromatic rings. The molecule has 0 aliphatic heterocycles. The van der Waals surface area contributed by atoms with Crippen molar-refractivity contribution in [3.63, 3.8) is 0 Å². The topological polar surface area (TPSA) is 29.1 Å². The molecule has 1 aromatic carbocycles. The summed E-state index contributed by atoms with van der Waals surface area (Å²) in [6.45, 7) is 0.534. The van der Waals surface area contributed by atoms with Gasteiger partial charge in [0, 0.05) is 4.88 Å². The van der Waals surface area contributed by atoms with E-state index in [0.29, 0.717) is 12.1 Å². The molecule has 0 unspecified atom stereocenters. The van der Waals surface area contributed by atoms with Crippen molar-refractivity contribution in [1.82, 2.24) is 5.32 Å². The molecule has 0 atom stereocenters. The average Bonchev–Trinajstić information content (AvgIpc) is 2.79. The number of hydrogen-bond acceptors (Lipinski definition) is 2. The van der Waals surface area contributed by atoms with Gasteiger partial charge in [0.1, 0.15) is 5.82 Å². The number of hydrogen-bond donors (Lipinski definition) is 1. The number of halogens is 1. The third kappa shape index (κ3) is 3.67. The van der Waals surface area contributed by atoms with Crippen molar-refractivity contribution in [1.29, 1.82) is 0 Å². The van der Waals surface area contributed by atoms with Crippen LogP contribution >= 0.6 is 11.3 Å². The van der Waals surface area contributed by atoms with Crippen LogP contribution in [0.15, 0.2) is 41.8 Å². The summed E-state index contributed by atoms with van der Waals surface area (Å²) in [7, 11) is 0. The molecule has 1 amide bonds. The standard InChI is InChI=1S/C13H12FNOS/c14-11-4-1-3-10(7-11)8-13(16)15-9-12-5-2-6-17-12/h1-7H,8-9H2,(H,15,16). The number of thiophene rings is 1. The van der Waals surface area contributed by atoms with Crippen molar-refractivity contribution in [2.45, 2.75) is 13.0 Å². The van der Waals surface area contributed by atoms with E-state index in [1.165, 1.54) is 12.1 Å². The predicted octanol–water partition coefficient (Wildman–Crippen LogP) is 2.75. The fourth-order valence-corrected chi connectivity index (χ4v) is 2.14. The second kappa shape index (κ2) is 5.59. The normalized spacial score (nSPS) is 10.2. The number of carbonyl (C=O) groups is 1. The average molecular weight is 249 g/mol. The summed E-state index contributed by atoms with van der Waals surface area (Å²) in [6, 6.07) is 10.0. The van der Waals surface area contributed by atoms with Gasteiger partial charge in [-0.25, -0.2) is 4.39 Å². The lowest BCUT2D eigenvalue weighted by Gasteiger charge is -2.03. The zero-order chi connectivity index (χ0) is 12.1. The highest BCUT2D eigenvalue weighted by Crippen LogP contribution is 2.08. The first kappa shape index (κ1) is 11.8. The Morgan fingerprint density at radius 2 is 2.18 bits per heavy atom. The van der Waals surface area contributed by atoms with Crippen molar-refractivity contribution in [3.8, 4) is 0 Å². The van der Waals surface area contributed by atoms with Gasteiger partial charge >= 0.3 is 0 Å². The third-order valence-corrected chi connectivity index (χ3v) is 3.17. The maximum absolute atomic E-state index is 12.9. The van der Waals surface area contributed by atoms with Gasteiger partial charge in [-0.15, -0.1) is 11.3 Å². The Labute approximate surface area is 103 Å². The molecule has 2 rings (SSSR count). The van der Waals surface area contributed by atoms with Gasteiger partial charge in [-0.2, -0.15) is 0 Å². The summed E-state index contributed by atoms with van der Waals surface area (Å²) < 4.78 is 12.9. The third-order valence-electron chi connectivity index (χ3n) is 2.29. The highest BCUT2D eigenvalue weighted by molar-refractivity contribution is 7.09. The van der Waals surface area contributed by atoms with E-state index in [2.05, 4.69) is 5.32 Å². The van der Waals surface area contributed by atoms with Crippen LogP contribution < -0.4 is 5.32 Å². The predicted molar refractivity (Wildman–Crippen MR) is 66.3 cm³/mol. The Morgan fingerprint density at radius 3 is 2.88 bits per heavy atom. The molecule has 0 radical (unpaired) electrons. The molecule has 88 valence electrons. The molecular weight excluding hydrogens is 237 g/mol. The van der Waals surface area contributed by atoms with Crippen molar-refractivity contribution in [2.75, 3.05) is 0 Å². The summed E-state index contributed by atoms with van der Waals surface area (Å²) in [5.74, 6) is -0.405. The number of nitrogens with one attached hydrogen (secondary N) is 1. The van der Waals surface area contributed by atoms with E-state index >= 15 is 0 Å². The van der Waals surface area contributed by atoms with Gasteiger partial charge in [0.05, 0.1) is 13.0 Å². The fraction of sp³-hybridized carbons (Fsp3) is 0.154. The van der Waals surface area contributed by atoms with Gasteiger partial charge in [-0.05, 0) is 29.1 Å². The zero-order valence-corrected chi connectivity index (χ0v) is 9.97. The minimum Gasteiger partial charge on any atom is -0.351 e. The van der Waals surface area contributed by atoms with Crippen LogP contribution in [0.1, 0.15) is 10.4 Å². The van der Waals surface area contributed by atoms with E-state index in [0.717, 1.165) is 4.88 Å². The molecule has 4 heteroatoms. The van der Waals surface area contributed by atoms with Crippen LogP contribution in [0.2, 0.25) is 0 Å². The van der Waals surface area contributed by atoms with E-state index in [4.69, 9.17) is 0 Å². The highest BCUT2D eigenvalue weighted by atomic mass is 32.1. The van der Waals surface area contributed by atoms with E-state index in [9.17, 15) is 9.18 Å². The summed E-state index contributed by atoms with van der Waals surface area (Å²) in [6.07, 6.45) is 0.211. The Hall–Kier alpha value is -1.68. The first-order valence-electron chi connectivity index (χ1n) is 5.27. The van der Waals surface area contributed by atoms with E-state index in [1.54, 1.807) is 23.5 Å². The molecule has 1 heterocycles. The largest absolute Gasteiger partial charge is 0.351 e. The van der Waals surface area contributed by atoms with Gasteiger partial charge in [-0.3, -0.25) is 4.79 Å². The molecule has 0 fully saturated rings. The van der Waals surface area contributed by atoms with E-state index < -0.39 is 0 Å². The van der Waals surface area contributed by atoms with Crippen molar-refractivity contribution >= 4 is 17.2 Å². The Morgan fingerprint density at radius 1 is 1.29 bits per heavy atom. The van der Waals surface area contributed by atoms with Crippen LogP contribution in [-0.4, -0.2) is 5.91 Å². The molecule has 0 aliphatic rings. The lowest BCUT2D eigenvalue weighted by Crippen LogP contribution is -2.24. The van der Waals surface area contributed by atoms with Gasteiger partial charge in [-0.1, -0.05) is 18.2 Å². The van der Waals surface area contributed by atoms with Gasteiger partial charge in [0.2, 0.25) is 5.91 Å². The monoisotopic (exact) mass is 249 g/mol. The van der Waals surface area contributed by atoms with Crippen LogP contribution in [0.4, 0.5) is 4.39 Å². The zero-order valence-electron chi connectivity index (χ0n) is 9.15. The second-order valence-corrected chi connectivity index (χ2v) is 4.70. The minimum atomic E-state index is -0.312. The number of rotatable bonds is 4. The van der Waals surface area contributed by atoms with Crippen molar-refractivity contribution in [2.24, 2.45) is 0 Å². The Kier molecular flexibility index (Phi) is 3.88. The first-order valence-corrected chi connectivity index (χ1v) is 6.15. The van der Waals surface area contributed by atoms with Gasteiger partial charge < -0.3 is 5.32 Å². The van der Waals surface area contributed by atoms with E-state index in [-0.39, 0.29) is 18.1 Å². The maximum atomic E-state index is 12.9. The smallest absolute Gasteiger partial charge is 0.224 e. The molecule has 17 heavy (non-hydrogen) atoms. The Balaban J connectivity index is 1.85. The lowest BCUT2D eigenvalue weighted by molar-refractivity contribution is -0.120. The SMILES string of the molecule is O=C(Cc1cccc(F)c1)NCc1cccs1. The maximum Gasteiger partial charge on any atom is 0.224 e. The first-order chi connectivity index (χ1) is 8.24. The van der Waals surface area contributed by atoms with Crippen LogP contribution in [-0.2, 0) is 17.8 Å². The van der Waals surface area contributed by atoms with Gasteiger partial charge in [0.25, 0.3) is 0 Å². The Bertz CT molecular complexity index is 496. The molecule has 0 spiro atoms. The van der Waals surface area contributed by atoms with Crippen LogP contribution in [0.3, 0.4) is 0 Å². The highest BCUT2D eigenvalue weighted by Gasteiger charge is 2.04. The second-order valence-electron chi connectivity index (χ2n) is 3.66. The number of amides is 1. The van der Waals surface area contributed by atoms with E-state index in [1.807, 2.05) is 17.5 Å². The molecular formula is C13H12FNOS. The summed E-state index contributed by atoms with van der Waals surface area (Å²) >= 11 is 1.60. The minimum absolute atomic E-state index is 0.0935. The van der Waals surface area contributed by atoms with Crippen LogP contribution in [0.25, 0.3) is 0 Å². The van der Waals surface area contributed by atoms with Gasteiger partial charge in [0.15, 0.2) is 0 Å². The molecule has 1 N–H and O–H groups in total. The molecule has 0 bridgehead atoms. The lowest BCUT2D eigenvalue weighted by atomic mass is 10.1. The number of carbonyl (C=O) groups excluding carboxylic acids is 1. The van der Waals surface area contributed by atoms with Crippen LogP contribution in [0.5, 0.6) is 0 Å². The molecule has 0 saturated heterocycles. The molecule has 0 saturated carbocycles. The van der Waals surface area contributed by atoms with Crippen molar-refractivity contribution in [3.05, 3.63) is 58.0 Å². The quantitative estimate of drug-likeness (QED) is 0.887. The molecule has 1 aromatic heterocycles. The fourth-order valence-electron chi connectivity index (χ4n) is 1.49. The summed E-state index contributed by atoms with van der Waals surface area (Å²) in [4.78, 5) is 12.7. The summed E-state index contributed by atoms with van der Waals surface area (Å²) in [5.41, 5.74) is 0.689. The molecule has 0 aliphatic carbocycles.